The van der Waals surface area contributed by atoms with E-state index in [0.717, 1.165) is 28.8 Å². The van der Waals surface area contributed by atoms with Crippen LogP contribution in [0, 0.1) is 6.92 Å². The number of nitrogens with zero attached hydrogens (tertiary/aromatic N) is 1. The molecule has 0 radical (unpaired) electrons. The second-order valence-corrected chi connectivity index (χ2v) is 5.74. The van der Waals surface area contributed by atoms with E-state index in [-0.39, 0.29) is 0 Å². The minimum absolute atomic E-state index is 0.509. The van der Waals surface area contributed by atoms with Crippen LogP contribution in [0.5, 0.6) is 5.75 Å². The number of aromatic nitrogens is 1. The number of pyridine rings is 1. The minimum Gasteiger partial charge on any atom is -0.489 e. The van der Waals surface area contributed by atoms with E-state index in [9.17, 15) is 0 Å². The summed E-state index contributed by atoms with van der Waals surface area (Å²) in [4.78, 5) is 4.36. The van der Waals surface area contributed by atoms with Crippen molar-refractivity contribution in [3.8, 4) is 5.75 Å². The summed E-state index contributed by atoms with van der Waals surface area (Å²) in [5, 5.41) is 4.24. The van der Waals surface area contributed by atoms with Gasteiger partial charge in [-0.3, -0.25) is 0 Å². The van der Waals surface area contributed by atoms with E-state index in [1.54, 1.807) is 0 Å². The van der Waals surface area contributed by atoms with Gasteiger partial charge in [-0.05, 0) is 61.0 Å². The van der Waals surface area contributed by atoms with Crippen molar-refractivity contribution in [2.24, 2.45) is 0 Å². The second kappa shape index (κ2) is 6.67. The first kappa shape index (κ1) is 15.3. The molecule has 0 bridgehead atoms. The van der Waals surface area contributed by atoms with E-state index in [0.29, 0.717) is 12.4 Å². The molecule has 0 aliphatic carbocycles. The van der Waals surface area contributed by atoms with Crippen LogP contribution in [0.25, 0.3) is 10.9 Å². The zero-order chi connectivity index (χ0) is 16.2. The molecule has 3 aromatic rings. The maximum absolute atomic E-state index is 5.95. The number of aryl methyl sites for hydroxylation is 1. The topological polar surface area (TPSA) is 60.2 Å². The van der Waals surface area contributed by atoms with Gasteiger partial charge in [-0.2, -0.15) is 0 Å². The molecular formula is C19H21N3O. The average Bonchev–Trinajstić information content (AvgIpc) is 2.52. The van der Waals surface area contributed by atoms with Gasteiger partial charge in [0.2, 0.25) is 0 Å². The minimum atomic E-state index is 0.509. The molecule has 0 saturated carbocycles. The zero-order valence-corrected chi connectivity index (χ0v) is 13.5. The summed E-state index contributed by atoms with van der Waals surface area (Å²) in [6.45, 7) is 3.42. The van der Waals surface area contributed by atoms with Crippen LogP contribution in [0.15, 0.2) is 48.5 Å². The Morgan fingerprint density at radius 1 is 1.04 bits per heavy atom. The number of ether oxygens (including phenoxy) is 1. The van der Waals surface area contributed by atoms with Crippen LogP contribution in [0.2, 0.25) is 0 Å². The van der Waals surface area contributed by atoms with Crippen LogP contribution in [0.3, 0.4) is 0 Å². The van der Waals surface area contributed by atoms with Gasteiger partial charge in [0.15, 0.2) is 0 Å². The molecule has 4 heteroatoms. The molecular weight excluding hydrogens is 286 g/mol. The molecule has 0 spiro atoms. The molecule has 0 saturated heterocycles. The highest BCUT2D eigenvalue weighted by molar-refractivity contribution is 5.80. The average molecular weight is 307 g/mol. The van der Waals surface area contributed by atoms with Gasteiger partial charge < -0.3 is 15.8 Å². The maximum atomic E-state index is 5.95. The molecule has 4 nitrogen and oxygen atoms in total. The lowest BCUT2D eigenvalue weighted by atomic mass is 10.1. The lowest BCUT2D eigenvalue weighted by molar-refractivity contribution is 0.306. The largest absolute Gasteiger partial charge is 0.489 e. The number of nitrogen functional groups attached to an aromatic ring is 1. The lowest BCUT2D eigenvalue weighted by Gasteiger charge is -2.10. The van der Waals surface area contributed by atoms with E-state index in [2.05, 4.69) is 41.5 Å². The third kappa shape index (κ3) is 3.79. The van der Waals surface area contributed by atoms with Crippen molar-refractivity contribution in [3.05, 3.63) is 65.2 Å². The van der Waals surface area contributed by atoms with Crippen LogP contribution in [-0.4, -0.2) is 12.0 Å². The normalized spacial score (nSPS) is 10.9. The van der Waals surface area contributed by atoms with Gasteiger partial charge in [-0.1, -0.05) is 18.2 Å². The summed E-state index contributed by atoms with van der Waals surface area (Å²) >= 11 is 0. The first-order chi connectivity index (χ1) is 11.1. The Morgan fingerprint density at radius 3 is 2.70 bits per heavy atom. The quantitative estimate of drug-likeness (QED) is 0.758. The maximum Gasteiger partial charge on any atom is 0.124 e. The third-order valence-corrected chi connectivity index (χ3v) is 3.68. The monoisotopic (exact) mass is 307 g/mol. The number of nitrogens with two attached hydrogens (primary N) is 1. The van der Waals surface area contributed by atoms with Crippen molar-refractivity contribution in [2.45, 2.75) is 20.1 Å². The third-order valence-electron chi connectivity index (χ3n) is 3.68. The fourth-order valence-electron chi connectivity index (χ4n) is 2.65. The number of hydrogen-bond acceptors (Lipinski definition) is 4. The van der Waals surface area contributed by atoms with Crippen LogP contribution < -0.4 is 15.8 Å². The summed E-state index contributed by atoms with van der Waals surface area (Å²) < 4.78 is 5.95. The Balaban J connectivity index is 1.77. The molecule has 1 heterocycles. The zero-order valence-electron chi connectivity index (χ0n) is 13.5. The molecule has 0 atom stereocenters. The molecule has 118 valence electrons. The SMILES string of the molecule is CNCc1cc(C)cc(OCc2ccc3ccc(N)nc3c2)c1. The van der Waals surface area contributed by atoms with Crippen molar-refractivity contribution in [3.63, 3.8) is 0 Å². The Hall–Kier alpha value is -2.59. The van der Waals surface area contributed by atoms with Crippen molar-refractivity contribution in [1.29, 1.82) is 0 Å². The summed E-state index contributed by atoms with van der Waals surface area (Å²) in [6.07, 6.45) is 0. The molecule has 0 aliphatic heterocycles. The smallest absolute Gasteiger partial charge is 0.124 e. The standard InChI is InChI=1S/C19H21N3O/c1-13-7-15(11-21-2)9-17(8-13)23-12-14-3-4-16-5-6-19(20)22-18(16)10-14/h3-10,21H,11-12H2,1-2H3,(H2,20,22). The van der Waals surface area contributed by atoms with Crippen molar-refractivity contribution >= 4 is 16.7 Å². The first-order valence-corrected chi connectivity index (χ1v) is 7.67. The van der Waals surface area contributed by atoms with E-state index in [1.807, 2.05) is 31.3 Å². The highest BCUT2D eigenvalue weighted by atomic mass is 16.5. The Labute approximate surface area is 136 Å². The first-order valence-electron chi connectivity index (χ1n) is 7.67. The van der Waals surface area contributed by atoms with Gasteiger partial charge in [-0.25, -0.2) is 4.98 Å². The molecule has 23 heavy (non-hydrogen) atoms. The molecule has 3 rings (SSSR count). The Bertz CT molecular complexity index is 830. The molecule has 0 aliphatic rings. The molecule has 1 aromatic heterocycles. The fraction of sp³-hybridized carbons (Fsp3) is 0.211. The highest BCUT2D eigenvalue weighted by Crippen LogP contribution is 2.20. The van der Waals surface area contributed by atoms with Crippen LogP contribution in [0.1, 0.15) is 16.7 Å². The van der Waals surface area contributed by atoms with E-state index in [1.165, 1.54) is 11.1 Å². The number of rotatable bonds is 5. The number of fused-ring (bicyclic) bond motifs is 1. The fourth-order valence-corrected chi connectivity index (χ4v) is 2.65. The summed E-state index contributed by atoms with van der Waals surface area (Å²) in [6, 6.07) is 16.2. The highest BCUT2D eigenvalue weighted by Gasteiger charge is 2.02. The Morgan fingerprint density at radius 2 is 1.87 bits per heavy atom. The summed E-state index contributed by atoms with van der Waals surface area (Å²) in [7, 11) is 1.94. The number of anilines is 1. The van der Waals surface area contributed by atoms with Gasteiger partial charge >= 0.3 is 0 Å². The Kier molecular flexibility index (Phi) is 4.44. The predicted octanol–water partition coefficient (Wildman–Crippen LogP) is 3.42. The van der Waals surface area contributed by atoms with Crippen molar-refractivity contribution < 1.29 is 4.74 Å². The second-order valence-electron chi connectivity index (χ2n) is 5.74. The van der Waals surface area contributed by atoms with Crippen molar-refractivity contribution in [2.75, 3.05) is 12.8 Å². The summed E-state index contributed by atoms with van der Waals surface area (Å²) in [5.41, 5.74) is 10.1. The number of benzene rings is 2. The predicted molar refractivity (Wildman–Crippen MR) is 94.4 cm³/mol. The molecule has 3 N–H and O–H groups in total. The van der Waals surface area contributed by atoms with Gasteiger partial charge in [0.25, 0.3) is 0 Å². The van der Waals surface area contributed by atoms with Gasteiger partial charge in [0, 0.05) is 11.9 Å². The lowest BCUT2D eigenvalue weighted by Crippen LogP contribution is -2.05. The van der Waals surface area contributed by atoms with Crippen LogP contribution >= 0.6 is 0 Å². The van der Waals surface area contributed by atoms with Gasteiger partial charge in [0.05, 0.1) is 5.52 Å². The van der Waals surface area contributed by atoms with E-state index in [4.69, 9.17) is 10.5 Å². The molecule has 0 fully saturated rings. The van der Waals surface area contributed by atoms with Gasteiger partial charge in [-0.15, -0.1) is 0 Å². The molecule has 2 aromatic carbocycles. The number of hydrogen-bond donors (Lipinski definition) is 2. The van der Waals surface area contributed by atoms with Crippen molar-refractivity contribution in [1.82, 2.24) is 10.3 Å². The van der Waals surface area contributed by atoms with Crippen LogP contribution in [-0.2, 0) is 13.2 Å². The number of nitrogens with one attached hydrogen (secondary N) is 1. The van der Waals surface area contributed by atoms with E-state index >= 15 is 0 Å². The summed E-state index contributed by atoms with van der Waals surface area (Å²) in [5.74, 6) is 1.42. The molecule has 0 amide bonds. The van der Waals surface area contributed by atoms with Crippen LogP contribution in [0.4, 0.5) is 5.82 Å². The van der Waals surface area contributed by atoms with E-state index < -0.39 is 0 Å². The van der Waals surface area contributed by atoms with Gasteiger partial charge in [0.1, 0.15) is 18.2 Å². The molecule has 0 unspecified atom stereocenters.